The van der Waals surface area contributed by atoms with Crippen LogP contribution in [0.5, 0.6) is 0 Å². The van der Waals surface area contributed by atoms with E-state index < -0.39 is 17.4 Å². The predicted octanol–water partition coefficient (Wildman–Crippen LogP) is 0.475. The quantitative estimate of drug-likeness (QED) is 0.755. The highest BCUT2D eigenvalue weighted by Crippen LogP contribution is 2.25. The summed E-state index contributed by atoms with van der Waals surface area (Å²) in [4.78, 5) is 19.1. The minimum absolute atomic E-state index is 0.625. The lowest BCUT2D eigenvalue weighted by atomic mass is 9.80. The molecule has 0 aliphatic heterocycles. The highest BCUT2D eigenvalue weighted by Gasteiger charge is 2.36. The first-order chi connectivity index (χ1) is 6.87. The standard InChI is InChI=1S/C10H15N3O2/c1-6-8(13-5-4-12-6)10(2,3)7(11)9(14)15/h4-5,7H,11H2,1-3H3,(H,14,15). The number of carboxylic acid groups (broad SMARTS) is 1. The van der Waals surface area contributed by atoms with Crippen LogP contribution in [0.2, 0.25) is 0 Å². The second-order valence-corrected chi connectivity index (χ2v) is 4.03. The molecular weight excluding hydrogens is 194 g/mol. The molecule has 0 amide bonds. The fourth-order valence-electron chi connectivity index (χ4n) is 1.50. The van der Waals surface area contributed by atoms with Crippen molar-refractivity contribution in [3.63, 3.8) is 0 Å². The number of hydrogen-bond donors (Lipinski definition) is 2. The first kappa shape index (κ1) is 11.6. The number of hydrogen-bond acceptors (Lipinski definition) is 4. The summed E-state index contributed by atoms with van der Waals surface area (Å²) in [6.45, 7) is 5.30. The molecule has 15 heavy (non-hydrogen) atoms. The van der Waals surface area contributed by atoms with Crippen LogP contribution in [-0.2, 0) is 10.2 Å². The van der Waals surface area contributed by atoms with E-state index in [0.29, 0.717) is 11.4 Å². The van der Waals surface area contributed by atoms with Crippen LogP contribution in [0.1, 0.15) is 25.2 Å². The van der Waals surface area contributed by atoms with Crippen LogP contribution in [0.3, 0.4) is 0 Å². The molecule has 5 heteroatoms. The third-order valence-corrected chi connectivity index (χ3v) is 2.54. The molecule has 1 aromatic rings. The zero-order valence-corrected chi connectivity index (χ0v) is 9.06. The van der Waals surface area contributed by atoms with Crippen molar-refractivity contribution < 1.29 is 9.90 Å². The smallest absolute Gasteiger partial charge is 0.321 e. The predicted molar refractivity (Wildman–Crippen MR) is 55.4 cm³/mol. The summed E-state index contributed by atoms with van der Waals surface area (Å²) in [5.74, 6) is -1.04. The Kier molecular flexibility index (Phi) is 3.04. The van der Waals surface area contributed by atoms with E-state index in [-0.39, 0.29) is 0 Å². The molecule has 1 atom stereocenters. The van der Waals surface area contributed by atoms with Crippen LogP contribution >= 0.6 is 0 Å². The Morgan fingerprint density at radius 1 is 1.47 bits per heavy atom. The van der Waals surface area contributed by atoms with E-state index in [9.17, 15) is 4.79 Å². The Balaban J connectivity index is 3.16. The van der Waals surface area contributed by atoms with E-state index in [1.54, 1.807) is 33.2 Å². The molecule has 1 aromatic heterocycles. The first-order valence-corrected chi connectivity index (χ1v) is 4.64. The van der Waals surface area contributed by atoms with Crippen LogP contribution in [0.15, 0.2) is 12.4 Å². The Morgan fingerprint density at radius 2 is 2.00 bits per heavy atom. The molecule has 0 saturated carbocycles. The monoisotopic (exact) mass is 209 g/mol. The number of carbonyl (C=O) groups is 1. The molecule has 0 radical (unpaired) electrons. The number of aromatic nitrogens is 2. The molecule has 0 saturated heterocycles. The summed E-state index contributed by atoms with van der Waals surface area (Å²) in [6.07, 6.45) is 3.11. The lowest BCUT2D eigenvalue weighted by Gasteiger charge is -2.28. The van der Waals surface area contributed by atoms with Gasteiger partial charge in [0, 0.05) is 17.8 Å². The molecule has 1 rings (SSSR count). The molecule has 0 fully saturated rings. The fraction of sp³-hybridized carbons (Fsp3) is 0.500. The summed E-state index contributed by atoms with van der Waals surface area (Å²) in [7, 11) is 0. The third-order valence-electron chi connectivity index (χ3n) is 2.54. The van der Waals surface area contributed by atoms with E-state index >= 15 is 0 Å². The van der Waals surface area contributed by atoms with Gasteiger partial charge in [-0.25, -0.2) is 0 Å². The van der Waals surface area contributed by atoms with E-state index in [0.717, 1.165) is 0 Å². The van der Waals surface area contributed by atoms with E-state index in [2.05, 4.69) is 9.97 Å². The van der Waals surface area contributed by atoms with E-state index in [1.807, 2.05) is 0 Å². The zero-order valence-electron chi connectivity index (χ0n) is 9.06. The number of carboxylic acids is 1. The Bertz CT molecular complexity index is 377. The molecule has 3 N–H and O–H groups in total. The van der Waals surface area contributed by atoms with Gasteiger partial charge >= 0.3 is 5.97 Å². The molecule has 1 heterocycles. The van der Waals surface area contributed by atoms with Gasteiger partial charge in [-0.1, -0.05) is 13.8 Å². The van der Waals surface area contributed by atoms with Gasteiger partial charge in [0.05, 0.1) is 11.4 Å². The minimum Gasteiger partial charge on any atom is -0.480 e. The number of nitrogens with two attached hydrogens (primary N) is 1. The van der Waals surface area contributed by atoms with E-state index in [1.165, 1.54) is 0 Å². The van der Waals surface area contributed by atoms with Crippen LogP contribution in [0.4, 0.5) is 0 Å². The minimum atomic E-state index is -1.04. The summed E-state index contributed by atoms with van der Waals surface area (Å²) in [6, 6.07) is -0.993. The highest BCUT2D eigenvalue weighted by molar-refractivity contribution is 5.75. The number of aryl methyl sites for hydroxylation is 1. The number of aliphatic carboxylic acids is 1. The third kappa shape index (κ3) is 2.12. The maximum atomic E-state index is 10.9. The van der Waals surface area contributed by atoms with Crippen molar-refractivity contribution in [2.24, 2.45) is 5.73 Å². The second-order valence-electron chi connectivity index (χ2n) is 4.03. The lowest BCUT2D eigenvalue weighted by molar-refractivity contribution is -0.140. The number of rotatable bonds is 3. The van der Waals surface area contributed by atoms with Crippen LogP contribution in [0.25, 0.3) is 0 Å². The lowest BCUT2D eigenvalue weighted by Crippen LogP contribution is -2.47. The van der Waals surface area contributed by atoms with Gasteiger partial charge in [0.25, 0.3) is 0 Å². The SMILES string of the molecule is Cc1nccnc1C(C)(C)C(N)C(=O)O. The topological polar surface area (TPSA) is 89.1 Å². The Morgan fingerprint density at radius 3 is 2.47 bits per heavy atom. The van der Waals surface area contributed by atoms with Gasteiger partial charge in [0.2, 0.25) is 0 Å². The number of nitrogens with zero attached hydrogens (tertiary/aromatic N) is 2. The summed E-state index contributed by atoms with van der Waals surface area (Å²) in [5.41, 5.74) is 6.23. The molecule has 5 nitrogen and oxygen atoms in total. The average molecular weight is 209 g/mol. The normalized spacial score (nSPS) is 13.6. The molecule has 0 aliphatic carbocycles. The molecule has 0 aliphatic rings. The molecule has 0 aromatic carbocycles. The van der Waals surface area contributed by atoms with Gasteiger partial charge in [0.1, 0.15) is 6.04 Å². The zero-order chi connectivity index (χ0) is 11.6. The summed E-state index contributed by atoms with van der Waals surface area (Å²) < 4.78 is 0. The maximum Gasteiger partial charge on any atom is 0.321 e. The Hall–Kier alpha value is -1.49. The van der Waals surface area contributed by atoms with Crippen molar-refractivity contribution >= 4 is 5.97 Å². The van der Waals surface area contributed by atoms with Gasteiger partial charge in [-0.2, -0.15) is 0 Å². The van der Waals surface area contributed by atoms with Gasteiger partial charge in [-0.3, -0.25) is 14.8 Å². The van der Waals surface area contributed by atoms with Crippen molar-refractivity contribution in [3.8, 4) is 0 Å². The van der Waals surface area contributed by atoms with Gasteiger partial charge in [-0.15, -0.1) is 0 Å². The van der Waals surface area contributed by atoms with Crippen molar-refractivity contribution in [2.75, 3.05) is 0 Å². The van der Waals surface area contributed by atoms with Crippen molar-refractivity contribution in [1.29, 1.82) is 0 Å². The summed E-state index contributed by atoms with van der Waals surface area (Å²) in [5, 5.41) is 8.90. The molecule has 0 spiro atoms. The first-order valence-electron chi connectivity index (χ1n) is 4.64. The van der Waals surface area contributed by atoms with Crippen LogP contribution in [-0.4, -0.2) is 27.1 Å². The van der Waals surface area contributed by atoms with E-state index in [4.69, 9.17) is 10.8 Å². The largest absolute Gasteiger partial charge is 0.480 e. The summed E-state index contributed by atoms with van der Waals surface area (Å²) >= 11 is 0. The molecular formula is C10H15N3O2. The van der Waals surface area contributed by atoms with Gasteiger partial charge < -0.3 is 10.8 Å². The highest BCUT2D eigenvalue weighted by atomic mass is 16.4. The molecule has 1 unspecified atom stereocenters. The average Bonchev–Trinajstić information content (AvgIpc) is 2.16. The van der Waals surface area contributed by atoms with Crippen molar-refractivity contribution in [3.05, 3.63) is 23.8 Å². The van der Waals surface area contributed by atoms with Crippen LogP contribution in [0, 0.1) is 6.92 Å². The van der Waals surface area contributed by atoms with Crippen molar-refractivity contribution in [1.82, 2.24) is 9.97 Å². The fourth-order valence-corrected chi connectivity index (χ4v) is 1.50. The maximum absolute atomic E-state index is 10.9. The Labute approximate surface area is 88.4 Å². The van der Waals surface area contributed by atoms with Gasteiger partial charge in [0.15, 0.2) is 0 Å². The van der Waals surface area contributed by atoms with Crippen molar-refractivity contribution in [2.45, 2.75) is 32.2 Å². The van der Waals surface area contributed by atoms with Crippen LogP contribution < -0.4 is 5.73 Å². The van der Waals surface area contributed by atoms with Gasteiger partial charge in [-0.05, 0) is 6.92 Å². The molecule has 0 bridgehead atoms. The second kappa shape index (κ2) is 3.94. The molecule has 82 valence electrons.